The number of pyridine rings is 1. The third kappa shape index (κ3) is 5.09. The molecule has 1 atom stereocenters. The highest BCUT2D eigenvalue weighted by Crippen LogP contribution is 2.23. The molecule has 154 valence electrons. The van der Waals surface area contributed by atoms with Crippen LogP contribution < -0.4 is 10.0 Å². The van der Waals surface area contributed by atoms with E-state index < -0.39 is 21.7 Å². The molecule has 3 rings (SSSR count). The Hall–Kier alpha value is -2.98. The molecule has 2 aromatic heterocycles. The summed E-state index contributed by atoms with van der Waals surface area (Å²) < 4.78 is 64.1. The Morgan fingerprint density at radius 3 is 2.52 bits per heavy atom. The van der Waals surface area contributed by atoms with E-state index in [0.29, 0.717) is 18.2 Å². The van der Waals surface area contributed by atoms with Crippen molar-refractivity contribution < 1.29 is 26.4 Å². The number of rotatable bonds is 8. The molecule has 0 spiro atoms. The van der Waals surface area contributed by atoms with Gasteiger partial charge in [-0.3, -0.25) is 4.72 Å². The molecule has 10 heteroatoms. The minimum absolute atomic E-state index is 0.0977. The number of furan rings is 1. The van der Waals surface area contributed by atoms with Crippen molar-refractivity contribution in [1.82, 2.24) is 4.98 Å². The van der Waals surface area contributed by atoms with Crippen molar-refractivity contribution in [2.45, 2.75) is 17.9 Å². The molecule has 2 heterocycles. The van der Waals surface area contributed by atoms with Gasteiger partial charge in [0.1, 0.15) is 28.3 Å². The fourth-order valence-electron chi connectivity index (χ4n) is 2.58. The monoisotopic (exact) mass is 423 g/mol. The number of hydrogen-bond acceptors (Lipinski definition) is 6. The number of aryl methyl sites for hydroxylation is 1. The molecule has 1 unspecified atom stereocenters. The van der Waals surface area contributed by atoms with Crippen molar-refractivity contribution in [3.8, 4) is 0 Å². The average Bonchev–Trinajstić information content (AvgIpc) is 3.11. The van der Waals surface area contributed by atoms with E-state index in [4.69, 9.17) is 9.15 Å². The summed E-state index contributed by atoms with van der Waals surface area (Å²) in [5.41, 5.74) is -0.0977. The third-order valence-corrected chi connectivity index (χ3v) is 5.35. The van der Waals surface area contributed by atoms with Crippen molar-refractivity contribution >= 4 is 21.5 Å². The van der Waals surface area contributed by atoms with Gasteiger partial charge in [0.25, 0.3) is 10.0 Å². The zero-order chi connectivity index (χ0) is 21.0. The standard InChI is InChI=1S/C19H19F2N3O4S/c1-12-3-7-18(28-12)17(11-27-2)23-19-8-5-14(10-22-19)29(25,26)24-13-4-6-15(20)16(21)9-13/h3-10,17,24H,11H2,1-2H3,(H,22,23). The minimum atomic E-state index is -4.02. The van der Waals surface area contributed by atoms with Gasteiger partial charge in [-0.1, -0.05) is 0 Å². The van der Waals surface area contributed by atoms with Crippen LogP contribution in [0.2, 0.25) is 0 Å². The van der Waals surface area contributed by atoms with Crippen molar-refractivity contribution in [3.63, 3.8) is 0 Å². The topological polar surface area (TPSA) is 93.5 Å². The van der Waals surface area contributed by atoms with Crippen LogP contribution in [0.5, 0.6) is 0 Å². The number of nitrogens with one attached hydrogen (secondary N) is 2. The van der Waals surface area contributed by atoms with Crippen LogP contribution in [0.4, 0.5) is 20.3 Å². The van der Waals surface area contributed by atoms with E-state index >= 15 is 0 Å². The maximum atomic E-state index is 13.3. The summed E-state index contributed by atoms with van der Waals surface area (Å²) in [5.74, 6) is -0.404. The molecule has 0 amide bonds. The summed E-state index contributed by atoms with van der Waals surface area (Å²) in [5, 5.41) is 3.12. The van der Waals surface area contributed by atoms with Gasteiger partial charge in [-0.2, -0.15) is 0 Å². The lowest BCUT2D eigenvalue weighted by atomic mass is 10.2. The lowest BCUT2D eigenvalue weighted by Gasteiger charge is -2.16. The fourth-order valence-corrected chi connectivity index (χ4v) is 3.57. The smallest absolute Gasteiger partial charge is 0.263 e. The van der Waals surface area contributed by atoms with Crippen molar-refractivity contribution in [3.05, 3.63) is 71.8 Å². The number of benzene rings is 1. The van der Waals surface area contributed by atoms with Crippen LogP contribution in [0.1, 0.15) is 17.6 Å². The molecular formula is C19H19F2N3O4S. The Morgan fingerprint density at radius 1 is 1.14 bits per heavy atom. The van der Waals surface area contributed by atoms with Gasteiger partial charge >= 0.3 is 0 Å². The van der Waals surface area contributed by atoms with Crippen LogP contribution >= 0.6 is 0 Å². The normalized spacial score (nSPS) is 12.6. The second kappa shape index (κ2) is 8.58. The molecule has 2 N–H and O–H groups in total. The summed E-state index contributed by atoms with van der Waals surface area (Å²) >= 11 is 0. The van der Waals surface area contributed by atoms with Gasteiger partial charge in [-0.25, -0.2) is 22.2 Å². The van der Waals surface area contributed by atoms with Crippen molar-refractivity contribution in [2.24, 2.45) is 0 Å². The van der Waals surface area contributed by atoms with Crippen LogP contribution in [-0.4, -0.2) is 27.1 Å². The Bertz CT molecular complexity index is 1090. The maximum Gasteiger partial charge on any atom is 0.263 e. The number of halogens is 2. The molecular weight excluding hydrogens is 404 g/mol. The van der Waals surface area contributed by atoms with Gasteiger partial charge in [-0.05, 0) is 43.3 Å². The number of anilines is 2. The molecule has 1 aromatic carbocycles. The largest absolute Gasteiger partial charge is 0.464 e. The van der Waals surface area contributed by atoms with Crippen LogP contribution in [0, 0.1) is 18.6 Å². The lowest BCUT2D eigenvalue weighted by Crippen LogP contribution is -2.17. The van der Waals surface area contributed by atoms with Crippen molar-refractivity contribution in [1.29, 1.82) is 0 Å². The molecule has 0 fully saturated rings. The third-order valence-electron chi connectivity index (χ3n) is 3.98. The van der Waals surface area contributed by atoms with E-state index in [1.54, 1.807) is 7.11 Å². The first-order chi connectivity index (χ1) is 13.8. The summed E-state index contributed by atoms with van der Waals surface area (Å²) in [6, 6.07) is 8.88. The highest BCUT2D eigenvalue weighted by molar-refractivity contribution is 7.92. The Labute approximate surface area is 166 Å². The zero-order valence-electron chi connectivity index (χ0n) is 15.6. The lowest BCUT2D eigenvalue weighted by molar-refractivity contribution is 0.178. The van der Waals surface area contributed by atoms with Crippen LogP contribution in [0.3, 0.4) is 0 Å². The number of nitrogens with zero attached hydrogens (tertiary/aromatic N) is 1. The van der Waals surface area contributed by atoms with Gasteiger partial charge in [0.15, 0.2) is 11.6 Å². The van der Waals surface area contributed by atoms with Gasteiger partial charge < -0.3 is 14.5 Å². The van der Waals surface area contributed by atoms with E-state index in [0.717, 1.165) is 30.2 Å². The van der Waals surface area contributed by atoms with E-state index in [1.807, 2.05) is 19.1 Å². The highest BCUT2D eigenvalue weighted by atomic mass is 32.2. The predicted octanol–water partition coefficient (Wildman–Crippen LogP) is 3.86. The molecule has 0 aliphatic heterocycles. The average molecular weight is 423 g/mol. The molecule has 0 aliphatic rings. The van der Waals surface area contributed by atoms with E-state index in [2.05, 4.69) is 15.0 Å². The Morgan fingerprint density at radius 2 is 1.93 bits per heavy atom. The first-order valence-corrected chi connectivity index (χ1v) is 10.0. The molecule has 0 bridgehead atoms. The number of ether oxygens (including phenoxy) is 1. The fraction of sp³-hybridized carbons (Fsp3) is 0.211. The van der Waals surface area contributed by atoms with E-state index in [1.165, 1.54) is 12.1 Å². The number of hydrogen-bond donors (Lipinski definition) is 2. The second-order valence-corrected chi connectivity index (χ2v) is 7.90. The van der Waals surface area contributed by atoms with Crippen LogP contribution in [0.25, 0.3) is 0 Å². The first-order valence-electron chi connectivity index (χ1n) is 8.54. The first kappa shape index (κ1) is 20.7. The van der Waals surface area contributed by atoms with Gasteiger partial charge in [0.05, 0.1) is 12.3 Å². The number of methoxy groups -OCH3 is 1. The molecule has 29 heavy (non-hydrogen) atoms. The Balaban J connectivity index is 1.75. The van der Waals surface area contributed by atoms with E-state index in [9.17, 15) is 17.2 Å². The summed E-state index contributed by atoms with van der Waals surface area (Å²) in [4.78, 5) is 3.98. The summed E-state index contributed by atoms with van der Waals surface area (Å²) in [6.07, 6.45) is 1.15. The van der Waals surface area contributed by atoms with Crippen LogP contribution in [0.15, 0.2) is 58.0 Å². The van der Waals surface area contributed by atoms with E-state index in [-0.39, 0.29) is 16.6 Å². The van der Waals surface area contributed by atoms with Crippen molar-refractivity contribution in [2.75, 3.05) is 23.8 Å². The minimum Gasteiger partial charge on any atom is -0.464 e. The molecule has 0 radical (unpaired) electrons. The SMILES string of the molecule is COCC(Nc1ccc(S(=O)(=O)Nc2ccc(F)c(F)c2)cn1)c1ccc(C)o1. The number of aromatic nitrogens is 1. The number of sulfonamides is 1. The molecule has 0 saturated carbocycles. The van der Waals surface area contributed by atoms with Crippen LogP contribution in [-0.2, 0) is 14.8 Å². The summed E-state index contributed by atoms with van der Waals surface area (Å²) in [6.45, 7) is 2.14. The highest BCUT2D eigenvalue weighted by Gasteiger charge is 2.18. The molecule has 0 saturated heterocycles. The maximum absolute atomic E-state index is 13.3. The molecule has 7 nitrogen and oxygen atoms in total. The van der Waals surface area contributed by atoms with Gasteiger partial charge in [-0.15, -0.1) is 0 Å². The molecule has 0 aliphatic carbocycles. The zero-order valence-corrected chi connectivity index (χ0v) is 16.5. The molecule has 3 aromatic rings. The quantitative estimate of drug-likeness (QED) is 0.572. The van der Waals surface area contributed by atoms with Gasteiger partial charge in [0, 0.05) is 19.4 Å². The predicted molar refractivity (Wildman–Crippen MR) is 103 cm³/mol. The Kier molecular flexibility index (Phi) is 6.14. The second-order valence-electron chi connectivity index (χ2n) is 6.21. The van der Waals surface area contributed by atoms with Gasteiger partial charge in [0.2, 0.25) is 0 Å². The summed E-state index contributed by atoms with van der Waals surface area (Å²) in [7, 11) is -2.47.